The van der Waals surface area contributed by atoms with Crippen molar-refractivity contribution in [3.05, 3.63) is 35.6 Å². The maximum atomic E-state index is 12.9. The molecule has 1 aromatic carbocycles. The average molecular weight is 268 g/mol. The molecule has 0 amide bonds. The van der Waals surface area contributed by atoms with Gasteiger partial charge in [-0.15, -0.1) is 0 Å². The third-order valence-corrected chi connectivity index (χ3v) is 4.84. The Balaban J connectivity index is 2.33. The zero-order valence-electron chi connectivity index (χ0n) is 6.81. The summed E-state index contributed by atoms with van der Waals surface area (Å²) in [5, 5.41) is 0. The molecular weight excluding hydrogens is 258 g/mol. The van der Waals surface area contributed by atoms with Gasteiger partial charge in [0.1, 0.15) is 0 Å². The van der Waals surface area contributed by atoms with Crippen molar-refractivity contribution in [3.8, 4) is 0 Å². The number of hydrogen-bond acceptors (Lipinski definition) is 0. The SMILES string of the molecule is Fc1cccc([C]2([Sn])CCC2)c1. The van der Waals surface area contributed by atoms with Crippen LogP contribution in [0.3, 0.4) is 0 Å². The molecule has 2 rings (SSSR count). The Hall–Kier alpha value is -0.0513. The third kappa shape index (κ3) is 1.39. The van der Waals surface area contributed by atoms with Crippen molar-refractivity contribution in [2.75, 3.05) is 0 Å². The first-order valence-corrected chi connectivity index (χ1v) is 5.64. The normalized spacial score (nSPS) is 20.2. The summed E-state index contributed by atoms with van der Waals surface area (Å²) >= 11 is 1.53. The molecular formula is C10H10FSn. The molecule has 1 aromatic rings. The van der Waals surface area contributed by atoms with Crippen LogP contribution in [-0.4, -0.2) is 22.5 Å². The van der Waals surface area contributed by atoms with Crippen LogP contribution in [0.2, 0.25) is 0 Å². The molecule has 1 saturated carbocycles. The van der Waals surface area contributed by atoms with Gasteiger partial charge >= 0.3 is 85.3 Å². The summed E-state index contributed by atoms with van der Waals surface area (Å²) in [6.07, 6.45) is 3.80. The molecule has 0 spiro atoms. The van der Waals surface area contributed by atoms with Gasteiger partial charge in [-0.3, -0.25) is 0 Å². The van der Waals surface area contributed by atoms with E-state index in [1.54, 1.807) is 6.07 Å². The summed E-state index contributed by atoms with van der Waals surface area (Å²) in [7, 11) is 0. The number of halogens is 1. The molecule has 0 N–H and O–H groups in total. The van der Waals surface area contributed by atoms with Crippen LogP contribution >= 0.6 is 0 Å². The van der Waals surface area contributed by atoms with Crippen LogP contribution in [0, 0.1) is 5.82 Å². The molecule has 0 saturated heterocycles. The summed E-state index contributed by atoms with van der Waals surface area (Å²) in [6.45, 7) is 0. The van der Waals surface area contributed by atoms with E-state index >= 15 is 0 Å². The fraction of sp³-hybridized carbons (Fsp3) is 0.400. The molecule has 3 radical (unpaired) electrons. The van der Waals surface area contributed by atoms with Crippen molar-refractivity contribution in [1.29, 1.82) is 0 Å². The quantitative estimate of drug-likeness (QED) is 0.686. The predicted octanol–water partition coefficient (Wildman–Crippen LogP) is 2.37. The second-order valence-electron chi connectivity index (χ2n) is 3.45. The van der Waals surface area contributed by atoms with Gasteiger partial charge in [0.05, 0.1) is 0 Å². The molecule has 0 nitrogen and oxygen atoms in total. The van der Waals surface area contributed by atoms with E-state index in [9.17, 15) is 4.39 Å². The van der Waals surface area contributed by atoms with Crippen molar-refractivity contribution in [2.45, 2.75) is 22.7 Å². The van der Waals surface area contributed by atoms with Crippen molar-refractivity contribution >= 4 is 22.5 Å². The number of rotatable bonds is 1. The summed E-state index contributed by atoms with van der Waals surface area (Å²) in [5.41, 5.74) is 1.20. The minimum absolute atomic E-state index is 0.0961. The Morgan fingerprint density at radius 3 is 2.58 bits per heavy atom. The Bertz CT molecular complexity index is 292. The average Bonchev–Trinajstić information content (AvgIpc) is 2.00. The monoisotopic (exact) mass is 269 g/mol. The van der Waals surface area contributed by atoms with Crippen LogP contribution in [0.1, 0.15) is 24.8 Å². The van der Waals surface area contributed by atoms with E-state index in [2.05, 4.69) is 6.07 Å². The summed E-state index contributed by atoms with van der Waals surface area (Å²) in [4.78, 5) is 0. The first-order valence-electron chi connectivity index (χ1n) is 4.22. The van der Waals surface area contributed by atoms with Gasteiger partial charge in [-0.25, -0.2) is 0 Å². The summed E-state index contributed by atoms with van der Waals surface area (Å²) < 4.78 is 13.2. The predicted molar refractivity (Wildman–Crippen MR) is 47.7 cm³/mol. The molecule has 0 bridgehead atoms. The van der Waals surface area contributed by atoms with Gasteiger partial charge in [-0.05, 0) is 0 Å². The molecule has 61 valence electrons. The first kappa shape index (κ1) is 8.54. The van der Waals surface area contributed by atoms with E-state index < -0.39 is 0 Å². The van der Waals surface area contributed by atoms with Crippen molar-refractivity contribution < 1.29 is 4.39 Å². The molecule has 0 unspecified atom stereocenters. The molecule has 0 aromatic heterocycles. The fourth-order valence-corrected chi connectivity index (χ4v) is 3.06. The Labute approximate surface area is 85.3 Å². The molecule has 12 heavy (non-hydrogen) atoms. The van der Waals surface area contributed by atoms with Crippen molar-refractivity contribution in [2.24, 2.45) is 0 Å². The van der Waals surface area contributed by atoms with E-state index in [0.717, 1.165) is 0 Å². The molecule has 0 aliphatic heterocycles. The molecule has 1 aliphatic carbocycles. The van der Waals surface area contributed by atoms with E-state index in [1.165, 1.54) is 53.4 Å². The van der Waals surface area contributed by atoms with E-state index in [1.807, 2.05) is 6.07 Å². The van der Waals surface area contributed by atoms with Crippen molar-refractivity contribution in [3.63, 3.8) is 0 Å². The van der Waals surface area contributed by atoms with Crippen LogP contribution in [0.4, 0.5) is 4.39 Å². The number of benzene rings is 1. The Kier molecular flexibility index (Phi) is 2.15. The zero-order chi connectivity index (χ0) is 8.60. The molecule has 2 heteroatoms. The van der Waals surface area contributed by atoms with Gasteiger partial charge < -0.3 is 0 Å². The van der Waals surface area contributed by atoms with Crippen LogP contribution < -0.4 is 0 Å². The van der Waals surface area contributed by atoms with Crippen molar-refractivity contribution in [1.82, 2.24) is 0 Å². The van der Waals surface area contributed by atoms with Crippen LogP contribution in [-0.2, 0) is 3.43 Å². The summed E-state index contributed by atoms with van der Waals surface area (Å²) in [5.74, 6) is -0.0961. The van der Waals surface area contributed by atoms with E-state index in [4.69, 9.17) is 0 Å². The minimum atomic E-state index is -0.0961. The standard InChI is InChI=1S/C10H10F.Sn/c11-10-6-2-5-9(7-10)8-3-1-4-8;/h2,5-7H,1,3-4H2;. The number of hydrogen-bond donors (Lipinski definition) is 0. The third-order valence-electron chi connectivity index (χ3n) is 2.58. The molecule has 0 heterocycles. The van der Waals surface area contributed by atoms with Gasteiger partial charge in [0.2, 0.25) is 0 Å². The Morgan fingerprint density at radius 1 is 1.33 bits per heavy atom. The topological polar surface area (TPSA) is 0 Å². The second-order valence-corrected chi connectivity index (χ2v) is 6.18. The van der Waals surface area contributed by atoms with E-state index in [-0.39, 0.29) is 5.82 Å². The van der Waals surface area contributed by atoms with Crippen LogP contribution in [0.5, 0.6) is 0 Å². The van der Waals surface area contributed by atoms with Gasteiger partial charge in [-0.1, -0.05) is 0 Å². The van der Waals surface area contributed by atoms with Gasteiger partial charge in [0, 0.05) is 0 Å². The summed E-state index contributed by atoms with van der Waals surface area (Å²) in [6, 6.07) is 7.07. The maximum absolute atomic E-state index is 12.9. The van der Waals surface area contributed by atoms with E-state index in [0.29, 0.717) is 3.43 Å². The Morgan fingerprint density at radius 2 is 2.08 bits per heavy atom. The van der Waals surface area contributed by atoms with Crippen LogP contribution in [0.25, 0.3) is 0 Å². The van der Waals surface area contributed by atoms with Gasteiger partial charge in [0.25, 0.3) is 0 Å². The molecule has 1 fully saturated rings. The van der Waals surface area contributed by atoms with Gasteiger partial charge in [-0.2, -0.15) is 0 Å². The fourth-order valence-electron chi connectivity index (χ4n) is 1.61. The van der Waals surface area contributed by atoms with Gasteiger partial charge in [0.15, 0.2) is 0 Å². The molecule has 1 aliphatic rings. The zero-order valence-corrected chi connectivity index (χ0v) is 9.66. The molecule has 0 atom stereocenters. The first-order chi connectivity index (χ1) is 5.71. The second kappa shape index (κ2) is 3.02. The van der Waals surface area contributed by atoms with Crippen LogP contribution in [0.15, 0.2) is 24.3 Å².